The molecule has 2 heterocycles. The van der Waals surface area contributed by atoms with Crippen LogP contribution in [0.3, 0.4) is 0 Å². The van der Waals surface area contributed by atoms with E-state index in [1.807, 2.05) is 27.8 Å². The van der Waals surface area contributed by atoms with Crippen molar-refractivity contribution in [3.63, 3.8) is 0 Å². The van der Waals surface area contributed by atoms with Gasteiger partial charge in [-0.25, -0.2) is 9.59 Å². The number of carbonyl (C=O) groups is 2. The van der Waals surface area contributed by atoms with Gasteiger partial charge in [-0.1, -0.05) is 6.92 Å². The third-order valence-corrected chi connectivity index (χ3v) is 5.01. The normalized spacial score (nSPS) is 22.9. The largest absolute Gasteiger partial charge is 0.458 e. The van der Waals surface area contributed by atoms with Crippen molar-refractivity contribution in [3.05, 3.63) is 17.0 Å². The van der Waals surface area contributed by atoms with Gasteiger partial charge in [0.2, 0.25) is 0 Å². The highest BCUT2D eigenvalue weighted by Crippen LogP contribution is 2.29. The first-order chi connectivity index (χ1) is 12.1. The lowest BCUT2D eigenvalue weighted by molar-refractivity contribution is 0.0210. The number of aryl methyl sites for hydroxylation is 1. The van der Waals surface area contributed by atoms with Gasteiger partial charge in [-0.3, -0.25) is 4.68 Å². The quantitative estimate of drug-likeness (QED) is 0.755. The van der Waals surface area contributed by atoms with Gasteiger partial charge in [0.15, 0.2) is 5.69 Å². The van der Waals surface area contributed by atoms with Crippen LogP contribution < -0.4 is 0 Å². The lowest BCUT2D eigenvalue weighted by Gasteiger charge is -2.30. The highest BCUT2D eigenvalue weighted by molar-refractivity contribution is 5.89. The number of carbonyl (C=O) groups excluding carboxylic acids is 2. The zero-order chi connectivity index (χ0) is 19.1. The van der Waals surface area contributed by atoms with Gasteiger partial charge in [0.25, 0.3) is 0 Å². The van der Waals surface area contributed by atoms with Crippen LogP contribution in [-0.2, 0) is 29.5 Å². The fraction of sp³-hybridized carbons (Fsp3) is 0.737. The number of hydrogen-bond acceptors (Lipinski definition) is 5. The number of amides is 1. The van der Waals surface area contributed by atoms with Gasteiger partial charge in [-0.2, -0.15) is 5.10 Å². The lowest BCUT2D eigenvalue weighted by Crippen LogP contribution is -2.40. The van der Waals surface area contributed by atoms with Crippen LogP contribution in [0.5, 0.6) is 0 Å². The molecule has 1 fully saturated rings. The van der Waals surface area contributed by atoms with Gasteiger partial charge >= 0.3 is 12.1 Å². The summed E-state index contributed by atoms with van der Waals surface area (Å²) in [6, 6.07) is 0. The first-order valence-corrected chi connectivity index (χ1v) is 9.37. The van der Waals surface area contributed by atoms with Crippen molar-refractivity contribution in [2.75, 3.05) is 6.54 Å². The molecule has 1 aliphatic heterocycles. The molecule has 1 aromatic heterocycles. The fourth-order valence-corrected chi connectivity index (χ4v) is 3.71. The van der Waals surface area contributed by atoms with Crippen molar-refractivity contribution < 1.29 is 19.1 Å². The molecule has 26 heavy (non-hydrogen) atoms. The monoisotopic (exact) mass is 363 g/mol. The second-order valence-electron chi connectivity index (χ2n) is 8.49. The summed E-state index contributed by atoms with van der Waals surface area (Å²) in [5, 5.41) is 4.38. The minimum atomic E-state index is -0.548. The van der Waals surface area contributed by atoms with Gasteiger partial charge in [0.1, 0.15) is 11.7 Å². The first kappa shape index (κ1) is 18.7. The summed E-state index contributed by atoms with van der Waals surface area (Å²) in [5.74, 6) is 0.208. The average Bonchev–Trinajstić information content (AvgIpc) is 3.09. The molecule has 2 atom stereocenters. The third kappa shape index (κ3) is 4.02. The maximum atomic E-state index is 12.7. The number of aromatic nitrogens is 2. The van der Waals surface area contributed by atoms with E-state index in [2.05, 4.69) is 12.0 Å². The molecule has 0 aromatic carbocycles. The smallest absolute Gasteiger partial charge is 0.410 e. The Kier molecular flexibility index (Phi) is 4.99. The van der Waals surface area contributed by atoms with Crippen LogP contribution in [0.25, 0.3) is 0 Å². The van der Waals surface area contributed by atoms with Crippen LogP contribution in [0, 0.1) is 5.92 Å². The molecule has 2 aliphatic rings. The lowest BCUT2D eigenvalue weighted by atomic mass is 10.1. The fourth-order valence-electron chi connectivity index (χ4n) is 3.71. The van der Waals surface area contributed by atoms with Crippen LogP contribution >= 0.6 is 0 Å². The summed E-state index contributed by atoms with van der Waals surface area (Å²) < 4.78 is 12.9. The van der Waals surface area contributed by atoms with Crippen LogP contribution in [0.1, 0.15) is 68.7 Å². The van der Waals surface area contributed by atoms with E-state index in [0.29, 0.717) is 31.1 Å². The van der Waals surface area contributed by atoms with Crippen molar-refractivity contribution in [3.8, 4) is 0 Å². The second-order valence-corrected chi connectivity index (χ2v) is 8.49. The van der Waals surface area contributed by atoms with E-state index in [0.717, 1.165) is 30.5 Å². The van der Waals surface area contributed by atoms with E-state index in [-0.39, 0.29) is 18.2 Å². The average molecular weight is 363 g/mol. The van der Waals surface area contributed by atoms with Crippen molar-refractivity contribution in [2.24, 2.45) is 13.0 Å². The Labute approximate surface area is 154 Å². The first-order valence-electron chi connectivity index (χ1n) is 9.37. The van der Waals surface area contributed by atoms with Crippen molar-refractivity contribution in [1.29, 1.82) is 0 Å². The van der Waals surface area contributed by atoms with Gasteiger partial charge in [-0.05, 0) is 46.0 Å². The highest BCUT2D eigenvalue weighted by atomic mass is 16.6. The van der Waals surface area contributed by atoms with Crippen LogP contribution in [-0.4, -0.2) is 45.0 Å². The molecule has 3 rings (SSSR count). The standard InChI is InChI=1S/C19H29N3O4/c1-12-6-7-13(10-12)25-17(23)16-14-11-22(18(24)26-19(2,3)4)9-8-15(14)21(5)20-16/h12-13H,6-11H2,1-5H3. The Balaban J connectivity index is 1.74. The number of nitrogens with zero attached hydrogens (tertiary/aromatic N) is 3. The summed E-state index contributed by atoms with van der Waals surface area (Å²) in [4.78, 5) is 26.7. The highest BCUT2D eigenvalue weighted by Gasteiger charge is 2.33. The molecule has 1 saturated carbocycles. The van der Waals surface area contributed by atoms with Crippen molar-refractivity contribution in [1.82, 2.24) is 14.7 Å². The predicted octanol–water partition coefficient (Wildman–Crippen LogP) is 3.06. The SMILES string of the molecule is CC1CCC(OC(=O)c2nn(C)c3c2CN(C(=O)OC(C)(C)C)CC3)C1. The van der Waals surface area contributed by atoms with Crippen LogP contribution in [0.4, 0.5) is 4.79 Å². The summed E-state index contributed by atoms with van der Waals surface area (Å²) in [7, 11) is 1.83. The minimum Gasteiger partial charge on any atom is -0.458 e. The molecule has 1 aliphatic carbocycles. The number of ether oxygens (including phenoxy) is 2. The molecule has 1 aromatic rings. The van der Waals surface area contributed by atoms with Gasteiger partial charge in [-0.15, -0.1) is 0 Å². The zero-order valence-corrected chi connectivity index (χ0v) is 16.4. The molecule has 7 nitrogen and oxygen atoms in total. The Bertz CT molecular complexity index is 704. The molecular formula is C19H29N3O4. The van der Waals surface area contributed by atoms with Crippen LogP contribution in [0.15, 0.2) is 0 Å². The van der Waals surface area contributed by atoms with Gasteiger partial charge in [0.05, 0.1) is 6.54 Å². The molecule has 1 amide bonds. The van der Waals surface area contributed by atoms with Gasteiger partial charge < -0.3 is 14.4 Å². The molecule has 7 heteroatoms. The van der Waals surface area contributed by atoms with E-state index in [1.54, 1.807) is 9.58 Å². The number of rotatable bonds is 2. The van der Waals surface area contributed by atoms with E-state index in [4.69, 9.17) is 9.47 Å². The summed E-state index contributed by atoms with van der Waals surface area (Å²) in [6.45, 7) is 8.58. The maximum absolute atomic E-state index is 12.7. The van der Waals surface area contributed by atoms with E-state index >= 15 is 0 Å². The molecule has 0 bridgehead atoms. The Morgan fingerprint density at radius 1 is 1.23 bits per heavy atom. The molecule has 0 spiro atoms. The van der Waals surface area contributed by atoms with Crippen LogP contribution in [0.2, 0.25) is 0 Å². The van der Waals surface area contributed by atoms with Crippen molar-refractivity contribution >= 4 is 12.1 Å². The third-order valence-electron chi connectivity index (χ3n) is 5.01. The van der Waals surface area contributed by atoms with Gasteiger partial charge in [0, 0.05) is 31.3 Å². The minimum absolute atomic E-state index is 0.0271. The summed E-state index contributed by atoms with van der Waals surface area (Å²) in [5.41, 5.74) is 1.54. The Morgan fingerprint density at radius 3 is 2.58 bits per heavy atom. The van der Waals surface area contributed by atoms with E-state index in [1.165, 1.54) is 0 Å². The second kappa shape index (κ2) is 6.93. The summed E-state index contributed by atoms with van der Waals surface area (Å²) >= 11 is 0. The maximum Gasteiger partial charge on any atom is 0.410 e. The topological polar surface area (TPSA) is 73.7 Å². The number of hydrogen-bond donors (Lipinski definition) is 0. The van der Waals surface area contributed by atoms with E-state index < -0.39 is 5.60 Å². The Morgan fingerprint density at radius 2 is 1.96 bits per heavy atom. The molecule has 0 radical (unpaired) electrons. The molecular weight excluding hydrogens is 334 g/mol. The Hall–Kier alpha value is -2.05. The summed E-state index contributed by atoms with van der Waals surface area (Å²) in [6.07, 6.45) is 3.16. The predicted molar refractivity (Wildman–Crippen MR) is 95.8 cm³/mol. The van der Waals surface area contributed by atoms with Crippen molar-refractivity contribution in [2.45, 2.75) is 71.6 Å². The number of esters is 1. The zero-order valence-electron chi connectivity index (χ0n) is 16.4. The number of fused-ring (bicyclic) bond motifs is 1. The molecule has 2 unspecified atom stereocenters. The van der Waals surface area contributed by atoms with E-state index in [9.17, 15) is 9.59 Å². The molecule has 0 saturated heterocycles. The molecule has 0 N–H and O–H groups in total. The molecule has 144 valence electrons.